The number of aromatic hydroxyl groups is 2. The lowest BCUT2D eigenvalue weighted by Gasteiger charge is -2.19. The standard InChI is InChI=1S/C15H18N4O2S/c20-12-7-6-10(8-13(12)21)9-16-19-14(17-18-15(19)22)11-4-2-1-3-5-11/h6-9,11,20-21H,1-5H2,(H,18,22). The first kappa shape index (κ1) is 14.8. The molecule has 1 aliphatic rings. The number of aromatic amines is 1. The molecule has 3 N–H and O–H groups in total. The van der Waals surface area contributed by atoms with Crippen LogP contribution in [-0.4, -0.2) is 31.3 Å². The van der Waals surface area contributed by atoms with Gasteiger partial charge in [0.15, 0.2) is 17.3 Å². The van der Waals surface area contributed by atoms with Gasteiger partial charge in [0.2, 0.25) is 4.77 Å². The molecular weight excluding hydrogens is 300 g/mol. The Morgan fingerprint density at radius 2 is 2.00 bits per heavy atom. The Balaban J connectivity index is 1.88. The Bertz CT molecular complexity index is 744. The quantitative estimate of drug-likeness (QED) is 0.460. The number of H-pyrrole nitrogens is 1. The summed E-state index contributed by atoms with van der Waals surface area (Å²) in [6.07, 6.45) is 7.50. The third-order valence-electron chi connectivity index (χ3n) is 3.97. The third-order valence-corrected chi connectivity index (χ3v) is 4.23. The van der Waals surface area contributed by atoms with Gasteiger partial charge >= 0.3 is 0 Å². The van der Waals surface area contributed by atoms with Crippen LogP contribution in [0.5, 0.6) is 11.5 Å². The highest BCUT2D eigenvalue weighted by Crippen LogP contribution is 2.31. The maximum Gasteiger partial charge on any atom is 0.216 e. The molecule has 1 saturated carbocycles. The molecule has 2 aromatic rings. The van der Waals surface area contributed by atoms with Crippen LogP contribution in [-0.2, 0) is 0 Å². The number of aromatic nitrogens is 3. The van der Waals surface area contributed by atoms with Crippen molar-refractivity contribution in [3.63, 3.8) is 0 Å². The molecule has 0 atom stereocenters. The number of phenols is 2. The van der Waals surface area contributed by atoms with Crippen molar-refractivity contribution in [1.82, 2.24) is 14.9 Å². The highest BCUT2D eigenvalue weighted by molar-refractivity contribution is 7.71. The second-order valence-electron chi connectivity index (χ2n) is 5.53. The molecule has 0 saturated heterocycles. The normalized spacial score (nSPS) is 16.4. The minimum atomic E-state index is -0.174. The van der Waals surface area contributed by atoms with Crippen molar-refractivity contribution in [1.29, 1.82) is 0 Å². The Labute approximate surface area is 133 Å². The zero-order chi connectivity index (χ0) is 15.5. The summed E-state index contributed by atoms with van der Waals surface area (Å²) in [5, 5.41) is 30.3. The predicted molar refractivity (Wildman–Crippen MR) is 86.0 cm³/mol. The number of benzene rings is 1. The smallest absolute Gasteiger partial charge is 0.216 e. The lowest BCUT2D eigenvalue weighted by molar-refractivity contribution is 0.403. The minimum Gasteiger partial charge on any atom is -0.504 e. The topological polar surface area (TPSA) is 86.4 Å². The van der Waals surface area contributed by atoms with Crippen molar-refractivity contribution in [2.75, 3.05) is 0 Å². The SMILES string of the molecule is Oc1ccc(C=Nn2c(C3CCCCC3)n[nH]c2=S)cc1O. The Hall–Kier alpha value is -2.15. The molecule has 1 aromatic heterocycles. The zero-order valence-corrected chi connectivity index (χ0v) is 12.9. The Kier molecular flexibility index (Phi) is 4.24. The average Bonchev–Trinajstić information content (AvgIpc) is 2.90. The maximum absolute atomic E-state index is 9.51. The number of hydrogen-bond donors (Lipinski definition) is 3. The average molecular weight is 318 g/mol. The highest BCUT2D eigenvalue weighted by Gasteiger charge is 2.21. The summed E-state index contributed by atoms with van der Waals surface area (Å²) in [5.41, 5.74) is 0.674. The highest BCUT2D eigenvalue weighted by atomic mass is 32.1. The summed E-state index contributed by atoms with van der Waals surface area (Å²) in [5.74, 6) is 0.920. The van der Waals surface area contributed by atoms with E-state index in [4.69, 9.17) is 12.2 Å². The van der Waals surface area contributed by atoms with Gasteiger partial charge in [-0.15, -0.1) is 0 Å². The van der Waals surface area contributed by atoms with Crippen LogP contribution in [0, 0.1) is 4.77 Å². The zero-order valence-electron chi connectivity index (χ0n) is 12.1. The first-order valence-electron chi connectivity index (χ1n) is 7.39. The van der Waals surface area contributed by atoms with E-state index in [2.05, 4.69) is 15.3 Å². The fourth-order valence-corrected chi connectivity index (χ4v) is 2.97. The molecule has 0 unspecified atom stereocenters. The first-order valence-corrected chi connectivity index (χ1v) is 7.79. The van der Waals surface area contributed by atoms with E-state index in [1.807, 2.05) is 0 Å². The molecule has 1 fully saturated rings. The van der Waals surface area contributed by atoms with Gasteiger partial charge in [-0.3, -0.25) is 5.10 Å². The summed E-state index contributed by atoms with van der Waals surface area (Å²) in [7, 11) is 0. The lowest BCUT2D eigenvalue weighted by atomic mass is 9.89. The van der Waals surface area contributed by atoms with Gasteiger partial charge in [-0.1, -0.05) is 19.3 Å². The number of nitrogens with one attached hydrogen (secondary N) is 1. The molecule has 0 amide bonds. The van der Waals surface area contributed by atoms with Crippen LogP contribution in [0.1, 0.15) is 49.4 Å². The molecule has 0 spiro atoms. The van der Waals surface area contributed by atoms with Crippen molar-refractivity contribution in [2.45, 2.75) is 38.0 Å². The molecule has 0 radical (unpaired) electrons. The molecule has 6 nitrogen and oxygen atoms in total. The summed E-state index contributed by atoms with van der Waals surface area (Å²) in [6, 6.07) is 4.54. The van der Waals surface area contributed by atoms with E-state index in [9.17, 15) is 10.2 Å². The Morgan fingerprint density at radius 1 is 1.23 bits per heavy atom. The van der Waals surface area contributed by atoms with Crippen LogP contribution >= 0.6 is 12.2 Å². The molecule has 0 aliphatic heterocycles. The second-order valence-corrected chi connectivity index (χ2v) is 5.91. The van der Waals surface area contributed by atoms with Gasteiger partial charge in [0.25, 0.3) is 0 Å². The third kappa shape index (κ3) is 3.04. The monoisotopic (exact) mass is 318 g/mol. The van der Waals surface area contributed by atoms with E-state index < -0.39 is 0 Å². The molecule has 22 heavy (non-hydrogen) atoms. The summed E-state index contributed by atoms with van der Waals surface area (Å²) < 4.78 is 2.11. The van der Waals surface area contributed by atoms with Crippen LogP contribution in [0.4, 0.5) is 0 Å². The van der Waals surface area contributed by atoms with Crippen molar-refractivity contribution in [3.05, 3.63) is 34.4 Å². The van der Waals surface area contributed by atoms with E-state index in [0.717, 1.165) is 18.7 Å². The molecule has 7 heteroatoms. The van der Waals surface area contributed by atoms with E-state index in [-0.39, 0.29) is 11.5 Å². The first-order chi connectivity index (χ1) is 10.6. The van der Waals surface area contributed by atoms with Gasteiger partial charge in [-0.05, 0) is 48.8 Å². The van der Waals surface area contributed by atoms with Gasteiger partial charge in [0.05, 0.1) is 6.21 Å². The summed E-state index contributed by atoms with van der Waals surface area (Å²) in [6.45, 7) is 0. The van der Waals surface area contributed by atoms with Gasteiger partial charge in [0.1, 0.15) is 0 Å². The summed E-state index contributed by atoms with van der Waals surface area (Å²) >= 11 is 5.25. The molecule has 3 rings (SSSR count). The van der Waals surface area contributed by atoms with E-state index in [1.165, 1.54) is 31.4 Å². The van der Waals surface area contributed by atoms with Gasteiger partial charge in [-0.25, -0.2) is 0 Å². The van der Waals surface area contributed by atoms with Gasteiger partial charge in [-0.2, -0.15) is 14.9 Å². The predicted octanol–water partition coefficient (Wildman–Crippen LogP) is 3.28. The van der Waals surface area contributed by atoms with Crippen molar-refractivity contribution in [2.24, 2.45) is 5.10 Å². The molecule has 0 bridgehead atoms. The van der Waals surface area contributed by atoms with E-state index >= 15 is 0 Å². The van der Waals surface area contributed by atoms with E-state index in [0.29, 0.717) is 16.3 Å². The van der Waals surface area contributed by atoms with Crippen LogP contribution in [0.2, 0.25) is 0 Å². The number of hydrogen-bond acceptors (Lipinski definition) is 5. The fourth-order valence-electron chi connectivity index (χ4n) is 2.79. The summed E-state index contributed by atoms with van der Waals surface area (Å²) in [4.78, 5) is 0. The van der Waals surface area contributed by atoms with Crippen molar-refractivity contribution >= 4 is 18.4 Å². The minimum absolute atomic E-state index is 0.153. The molecule has 116 valence electrons. The number of nitrogens with zero attached hydrogens (tertiary/aromatic N) is 3. The van der Waals surface area contributed by atoms with Crippen LogP contribution in [0.15, 0.2) is 23.3 Å². The molecule has 1 heterocycles. The maximum atomic E-state index is 9.51. The largest absolute Gasteiger partial charge is 0.504 e. The second kappa shape index (κ2) is 6.31. The van der Waals surface area contributed by atoms with Crippen molar-refractivity contribution < 1.29 is 10.2 Å². The van der Waals surface area contributed by atoms with Gasteiger partial charge in [0, 0.05) is 5.92 Å². The fraction of sp³-hybridized carbons (Fsp3) is 0.400. The molecule has 1 aliphatic carbocycles. The van der Waals surface area contributed by atoms with Gasteiger partial charge < -0.3 is 10.2 Å². The molecular formula is C15H18N4O2S. The lowest BCUT2D eigenvalue weighted by Crippen LogP contribution is -2.10. The van der Waals surface area contributed by atoms with Crippen LogP contribution in [0.25, 0.3) is 0 Å². The number of phenolic OH excluding ortho intramolecular Hbond substituents is 2. The Morgan fingerprint density at radius 3 is 2.73 bits per heavy atom. The molecule has 1 aromatic carbocycles. The van der Waals surface area contributed by atoms with Crippen LogP contribution < -0.4 is 0 Å². The van der Waals surface area contributed by atoms with E-state index in [1.54, 1.807) is 17.0 Å². The number of rotatable bonds is 3. The van der Waals surface area contributed by atoms with Crippen LogP contribution in [0.3, 0.4) is 0 Å². The van der Waals surface area contributed by atoms with Crippen molar-refractivity contribution in [3.8, 4) is 11.5 Å².